The second kappa shape index (κ2) is 37.4. The van der Waals surface area contributed by atoms with Crippen LogP contribution < -0.4 is 67.9 Å². The molecule has 3 aliphatic rings. The van der Waals surface area contributed by atoms with Crippen molar-refractivity contribution in [3.8, 4) is 0 Å². The molecule has 522 valence electrons. The Balaban J connectivity index is 0.000000316. The third-order valence-electron chi connectivity index (χ3n) is 17.2. The molecule has 6 heterocycles. The van der Waals surface area contributed by atoms with Crippen LogP contribution in [0.2, 0.25) is 0 Å². The van der Waals surface area contributed by atoms with E-state index < -0.39 is 46.5 Å². The number of amides is 8. The van der Waals surface area contributed by atoms with E-state index in [-0.39, 0.29) is 0 Å². The molecule has 9 rings (SSSR count). The van der Waals surface area contributed by atoms with Gasteiger partial charge in [-0.1, -0.05) is 152 Å². The maximum atomic E-state index is 12.0. The van der Waals surface area contributed by atoms with E-state index in [9.17, 15) is 28.8 Å². The van der Waals surface area contributed by atoms with Crippen LogP contribution in [0, 0.1) is 10.8 Å². The zero-order valence-electron chi connectivity index (χ0n) is 58.2. The van der Waals surface area contributed by atoms with Crippen LogP contribution in [-0.4, -0.2) is 120 Å². The van der Waals surface area contributed by atoms with E-state index in [4.69, 9.17) is 44.9 Å². The Labute approximate surface area is 570 Å². The number of barbiturate groups is 2. The lowest BCUT2D eigenvalue weighted by atomic mass is 9.75. The van der Waals surface area contributed by atoms with Gasteiger partial charge in [0.05, 0.1) is 0 Å². The average Bonchev–Trinajstić information content (AvgIpc) is 0.795. The molecule has 10 N–H and O–H groups in total. The number of urea groups is 2. The van der Waals surface area contributed by atoms with Crippen molar-refractivity contribution in [1.29, 1.82) is 0 Å². The lowest BCUT2D eigenvalue weighted by Gasteiger charge is -2.33. The minimum Gasteiger partial charge on any atom is -0.350 e. The summed E-state index contributed by atoms with van der Waals surface area (Å²) >= 11 is 0. The summed E-state index contributed by atoms with van der Waals surface area (Å²) in [5, 5.41) is 29.6. The first kappa shape index (κ1) is 74.5. The quantitative estimate of drug-likeness (QED) is 0.0299. The van der Waals surface area contributed by atoms with Crippen molar-refractivity contribution in [3.63, 3.8) is 0 Å². The van der Waals surface area contributed by atoms with Crippen molar-refractivity contribution >= 4 is 89.2 Å². The lowest BCUT2D eigenvalue weighted by Crippen LogP contribution is -2.62. The summed E-state index contributed by atoms with van der Waals surface area (Å²) in [5.74, 6) is 3.04. The zero-order chi connectivity index (χ0) is 69.7. The SMILES string of the molecule is CCCCC1(CCCC)C(=O)NC(=O)NC1=O.CCCCC1(CCCC)C(=O)NC(=O)NC1=O.CCN(CC)c1nc2nc(n1)NCc1cccc(c1)CNc1nc(nc(N(CC)CC)n1)NCc1cccc(c1)CNc1nc(nc(N(CC)CC)n1)NCc1cccc(c1)CN2. The number of benzene rings is 3. The molecular formula is C69H100N22O6. The highest BCUT2D eigenvalue weighted by Gasteiger charge is 2.50. The monoisotopic (exact) mass is 1330 g/mol. The van der Waals surface area contributed by atoms with Crippen LogP contribution >= 0.6 is 0 Å². The number of imide groups is 4. The fourth-order valence-electron chi connectivity index (χ4n) is 11.4. The number of nitrogens with one attached hydrogen (secondary N) is 10. The van der Waals surface area contributed by atoms with Crippen LogP contribution in [0.15, 0.2) is 72.8 Å². The molecule has 2 saturated heterocycles. The predicted molar refractivity (Wildman–Crippen MR) is 380 cm³/mol. The van der Waals surface area contributed by atoms with Crippen molar-refractivity contribution in [1.82, 2.24) is 66.1 Å². The molecule has 6 aromatic rings. The van der Waals surface area contributed by atoms with Crippen LogP contribution in [0.3, 0.4) is 0 Å². The van der Waals surface area contributed by atoms with Crippen LogP contribution in [0.4, 0.5) is 63.1 Å². The van der Waals surface area contributed by atoms with E-state index in [1.165, 1.54) is 0 Å². The van der Waals surface area contributed by atoms with Gasteiger partial charge in [-0.15, -0.1) is 0 Å². The third kappa shape index (κ3) is 21.1. The maximum absolute atomic E-state index is 12.0. The summed E-state index contributed by atoms with van der Waals surface area (Å²) in [6, 6.07) is 23.7. The van der Waals surface area contributed by atoms with Gasteiger partial charge in [-0.2, -0.15) is 44.9 Å². The first-order chi connectivity index (χ1) is 47.0. The molecule has 3 aromatic carbocycles. The maximum Gasteiger partial charge on any atom is 0.328 e. The molecule has 12 bridgehead atoms. The van der Waals surface area contributed by atoms with Crippen LogP contribution in [0.25, 0.3) is 0 Å². The molecular weight excluding hydrogens is 1230 g/mol. The summed E-state index contributed by atoms with van der Waals surface area (Å²) in [6.45, 7) is 28.3. The van der Waals surface area contributed by atoms with Gasteiger partial charge in [-0.25, -0.2) is 9.59 Å². The summed E-state index contributed by atoms with van der Waals surface area (Å²) < 4.78 is 0. The van der Waals surface area contributed by atoms with Crippen LogP contribution in [0.1, 0.15) is 180 Å². The van der Waals surface area contributed by atoms with Crippen LogP contribution in [-0.2, 0) is 58.4 Å². The molecule has 3 aliphatic heterocycles. The van der Waals surface area contributed by atoms with Crippen LogP contribution in [0.5, 0.6) is 0 Å². The number of carbonyl (C=O) groups is 6. The largest absolute Gasteiger partial charge is 0.350 e. The third-order valence-corrected chi connectivity index (χ3v) is 17.2. The molecule has 0 spiro atoms. The summed E-state index contributed by atoms with van der Waals surface area (Å²) in [6.07, 6.45) is 8.93. The van der Waals surface area contributed by atoms with E-state index in [2.05, 4.69) is 182 Å². The van der Waals surface area contributed by atoms with Crippen molar-refractivity contribution < 1.29 is 28.8 Å². The summed E-state index contributed by atoms with van der Waals surface area (Å²) in [7, 11) is 0. The number of nitrogens with zero attached hydrogens (tertiary/aromatic N) is 12. The van der Waals surface area contributed by atoms with E-state index in [0.717, 1.165) is 124 Å². The highest BCUT2D eigenvalue weighted by molar-refractivity contribution is 6.20. The zero-order valence-corrected chi connectivity index (χ0v) is 58.2. The molecule has 0 atom stereocenters. The Hall–Kier alpha value is -9.89. The smallest absolute Gasteiger partial charge is 0.328 e. The Morgan fingerprint density at radius 1 is 0.309 bits per heavy atom. The summed E-state index contributed by atoms with van der Waals surface area (Å²) in [4.78, 5) is 119. The Bertz CT molecular complexity index is 3070. The van der Waals surface area contributed by atoms with E-state index >= 15 is 0 Å². The number of anilines is 9. The van der Waals surface area contributed by atoms with Crippen molar-refractivity contribution in [3.05, 3.63) is 106 Å². The molecule has 0 saturated carbocycles. The number of carbonyl (C=O) groups excluding carboxylic acids is 6. The van der Waals surface area contributed by atoms with Gasteiger partial charge in [0.25, 0.3) is 0 Å². The van der Waals surface area contributed by atoms with E-state index in [1.807, 2.05) is 27.7 Å². The van der Waals surface area contributed by atoms with Crippen molar-refractivity contribution in [2.45, 2.75) is 186 Å². The fraction of sp³-hybridized carbons (Fsp3) is 0.522. The van der Waals surface area contributed by atoms with Gasteiger partial charge in [-0.05, 0) is 101 Å². The number of fused-ring (bicyclic) bond motifs is 12. The minimum atomic E-state index is -1.04. The van der Waals surface area contributed by atoms with Gasteiger partial charge >= 0.3 is 12.1 Å². The second-order valence-electron chi connectivity index (χ2n) is 24.0. The Morgan fingerprint density at radius 3 is 0.680 bits per heavy atom. The normalized spacial score (nSPS) is 15.1. The topological polar surface area (TPSA) is 348 Å². The Kier molecular flexibility index (Phi) is 28.7. The number of hydrogen-bond acceptors (Lipinski definition) is 24. The highest BCUT2D eigenvalue weighted by Crippen LogP contribution is 2.35. The van der Waals surface area contributed by atoms with Gasteiger partial charge in [-0.3, -0.25) is 40.4 Å². The number of aromatic nitrogens is 9. The fourth-order valence-corrected chi connectivity index (χ4v) is 11.4. The predicted octanol–water partition coefficient (Wildman–Crippen LogP) is 10.2. The molecule has 28 nitrogen and oxygen atoms in total. The molecule has 0 unspecified atom stereocenters. The number of unbranched alkanes of at least 4 members (excludes halogenated alkanes) is 4. The number of rotatable bonds is 21. The average molecular weight is 1330 g/mol. The standard InChI is InChI=1S/C45H60N18.2C12H20N2O3/c1-7-61(8-2)43-55-37-46-25-31-16-13-18-33(22-31)27-48-39-53-41(59-44(57-39)62(9-3)10-4)50-29-35-20-15-21-36(24-35)30-51-42-54-40(58-45(60-42)63(11-5)12-6)49-28-34-19-14-17-32(23-34)26-47-38(52-37)56-43;2*1-3-5-7-12(8-6-4-2)9(15)13-11(17)14-10(12)16/h13-24H,7-12,25-30H2,1-6H3,(H2,46,47,52,55,56)(H2,48,50,53,57,59)(H2,49,51,54,58,60);2*3-8H2,1-2H3,(H2,13,14,15,16,17). The first-order valence-electron chi connectivity index (χ1n) is 34.5. The molecule has 2 fully saturated rings. The van der Waals surface area contributed by atoms with Gasteiger partial charge in [0.1, 0.15) is 10.8 Å². The van der Waals surface area contributed by atoms with Gasteiger partial charge in [0.15, 0.2) is 0 Å². The highest BCUT2D eigenvalue weighted by atomic mass is 16.2. The van der Waals surface area contributed by atoms with Crippen molar-refractivity contribution in [2.24, 2.45) is 10.8 Å². The van der Waals surface area contributed by atoms with Gasteiger partial charge in [0, 0.05) is 78.5 Å². The second-order valence-corrected chi connectivity index (χ2v) is 24.0. The molecule has 0 radical (unpaired) electrons. The van der Waals surface area contributed by atoms with Gasteiger partial charge < -0.3 is 46.6 Å². The minimum absolute atomic E-state index is 0.437. The molecule has 28 heteroatoms. The van der Waals surface area contributed by atoms with Gasteiger partial charge in [0.2, 0.25) is 77.2 Å². The molecule has 8 amide bonds. The lowest BCUT2D eigenvalue weighted by molar-refractivity contribution is -0.147. The van der Waals surface area contributed by atoms with E-state index in [1.54, 1.807) is 0 Å². The number of hydrogen-bond donors (Lipinski definition) is 10. The first-order valence-corrected chi connectivity index (χ1v) is 34.5. The molecule has 0 aliphatic carbocycles. The molecule has 3 aromatic heterocycles. The van der Waals surface area contributed by atoms with Crippen molar-refractivity contribution in [2.75, 3.05) is 85.9 Å². The molecule has 97 heavy (non-hydrogen) atoms. The summed E-state index contributed by atoms with van der Waals surface area (Å²) in [5.41, 5.74) is 4.39. The van der Waals surface area contributed by atoms with E-state index in [0.29, 0.717) is 118 Å². The Morgan fingerprint density at radius 2 is 0.505 bits per heavy atom.